The summed E-state index contributed by atoms with van der Waals surface area (Å²) in [6, 6.07) is 14.8. The first-order chi connectivity index (χ1) is 11.7. The summed E-state index contributed by atoms with van der Waals surface area (Å²) in [5, 5.41) is 3.98. The zero-order valence-corrected chi connectivity index (χ0v) is 13.1. The summed E-state index contributed by atoms with van der Waals surface area (Å²) in [7, 11) is 0. The van der Waals surface area contributed by atoms with E-state index >= 15 is 0 Å². The fraction of sp³-hybridized carbons (Fsp3) is 0.105. The summed E-state index contributed by atoms with van der Waals surface area (Å²) in [5.41, 5.74) is 2.82. The van der Waals surface area contributed by atoms with E-state index in [9.17, 15) is 4.79 Å². The molecule has 0 aliphatic rings. The van der Waals surface area contributed by atoms with E-state index < -0.39 is 0 Å². The molecular weight excluding hydrogens is 302 g/mol. The maximum Gasteiger partial charge on any atom is 0.251 e. The van der Waals surface area contributed by atoms with E-state index in [4.69, 9.17) is 4.42 Å². The van der Waals surface area contributed by atoms with Crippen molar-refractivity contribution in [3.8, 4) is 0 Å². The maximum absolute atomic E-state index is 12.5. The number of amides is 1. The van der Waals surface area contributed by atoms with E-state index in [1.165, 1.54) is 0 Å². The van der Waals surface area contributed by atoms with Gasteiger partial charge in [-0.05, 0) is 37.3 Å². The first-order valence-electron chi connectivity index (χ1n) is 7.71. The highest BCUT2D eigenvalue weighted by Crippen LogP contribution is 2.24. The van der Waals surface area contributed by atoms with Gasteiger partial charge in [0.25, 0.3) is 5.91 Å². The highest BCUT2D eigenvalue weighted by atomic mass is 16.3. The number of carbonyl (C=O) groups excluding carboxylic acids is 1. The van der Waals surface area contributed by atoms with Crippen molar-refractivity contribution in [2.75, 3.05) is 0 Å². The molecule has 0 fully saturated rings. The predicted octanol–water partition coefficient (Wildman–Crippen LogP) is 3.87. The molecule has 0 aliphatic carbocycles. The lowest BCUT2D eigenvalue weighted by molar-refractivity contribution is 0.0936. The van der Waals surface area contributed by atoms with E-state index in [2.05, 4.69) is 15.3 Å². The van der Waals surface area contributed by atoms with Crippen molar-refractivity contribution in [1.82, 2.24) is 15.3 Å². The molecule has 2 aromatic heterocycles. The Hall–Kier alpha value is -3.21. The van der Waals surface area contributed by atoms with Crippen LogP contribution in [-0.2, 0) is 0 Å². The Labute approximate surface area is 138 Å². The van der Waals surface area contributed by atoms with Crippen LogP contribution in [0.2, 0.25) is 0 Å². The second-order valence-electron chi connectivity index (χ2n) is 5.64. The van der Waals surface area contributed by atoms with Gasteiger partial charge in [-0.1, -0.05) is 18.2 Å². The molecule has 1 unspecified atom stereocenters. The molecule has 5 nitrogen and oxygen atoms in total. The van der Waals surface area contributed by atoms with Crippen molar-refractivity contribution in [3.05, 3.63) is 72.2 Å². The van der Waals surface area contributed by atoms with Crippen LogP contribution in [0, 0.1) is 0 Å². The number of benzene rings is 2. The highest BCUT2D eigenvalue weighted by Gasteiger charge is 2.15. The molecule has 118 valence electrons. The molecule has 4 aromatic rings. The molecule has 5 heteroatoms. The van der Waals surface area contributed by atoms with Gasteiger partial charge in [0.1, 0.15) is 11.3 Å². The van der Waals surface area contributed by atoms with Crippen molar-refractivity contribution >= 4 is 27.9 Å². The van der Waals surface area contributed by atoms with E-state index in [0.717, 1.165) is 22.2 Å². The van der Waals surface area contributed by atoms with Crippen molar-refractivity contribution in [1.29, 1.82) is 0 Å². The lowest BCUT2D eigenvalue weighted by Crippen LogP contribution is -2.26. The van der Waals surface area contributed by atoms with Crippen molar-refractivity contribution in [3.63, 3.8) is 0 Å². The standard InChI is InChI=1S/C19H15N3O2/c1-12(18-11-13-4-2-3-5-17(13)24-18)22-19(23)14-6-7-15-16(10-14)21-9-8-20-15/h2-12H,1H3,(H,22,23). The normalized spacial score (nSPS) is 12.4. The van der Waals surface area contributed by atoms with Gasteiger partial charge in [-0.25, -0.2) is 0 Å². The molecule has 4 rings (SSSR count). The minimum atomic E-state index is -0.234. The summed E-state index contributed by atoms with van der Waals surface area (Å²) >= 11 is 0. The Morgan fingerprint density at radius 3 is 2.67 bits per heavy atom. The molecule has 1 N–H and O–H groups in total. The monoisotopic (exact) mass is 317 g/mol. The molecule has 1 amide bonds. The first kappa shape index (κ1) is 14.4. The summed E-state index contributed by atoms with van der Waals surface area (Å²) in [5.74, 6) is 0.556. The van der Waals surface area contributed by atoms with E-state index in [-0.39, 0.29) is 11.9 Å². The Morgan fingerprint density at radius 1 is 1.04 bits per heavy atom. The second-order valence-corrected chi connectivity index (χ2v) is 5.64. The van der Waals surface area contributed by atoms with Gasteiger partial charge in [0, 0.05) is 23.3 Å². The molecule has 0 spiro atoms. The minimum Gasteiger partial charge on any atom is -0.459 e. The third-order valence-electron chi connectivity index (χ3n) is 3.95. The van der Waals surface area contributed by atoms with E-state index in [1.54, 1.807) is 30.6 Å². The van der Waals surface area contributed by atoms with Crippen LogP contribution >= 0.6 is 0 Å². The van der Waals surface area contributed by atoms with Crippen LogP contribution in [0.5, 0.6) is 0 Å². The number of para-hydroxylation sites is 1. The number of hydrogen-bond acceptors (Lipinski definition) is 4. The number of nitrogens with zero attached hydrogens (tertiary/aromatic N) is 2. The molecule has 0 radical (unpaired) electrons. The highest BCUT2D eigenvalue weighted by molar-refractivity contribution is 5.97. The third kappa shape index (κ3) is 2.60. The van der Waals surface area contributed by atoms with Crippen LogP contribution in [0.25, 0.3) is 22.0 Å². The largest absolute Gasteiger partial charge is 0.459 e. The van der Waals surface area contributed by atoms with Gasteiger partial charge in [0.2, 0.25) is 0 Å². The first-order valence-corrected chi connectivity index (χ1v) is 7.71. The molecule has 0 aliphatic heterocycles. The van der Waals surface area contributed by atoms with Gasteiger partial charge in [0.15, 0.2) is 0 Å². The average molecular weight is 317 g/mol. The number of carbonyl (C=O) groups is 1. The van der Waals surface area contributed by atoms with Gasteiger partial charge >= 0.3 is 0 Å². The number of fused-ring (bicyclic) bond motifs is 2. The SMILES string of the molecule is CC(NC(=O)c1ccc2nccnc2c1)c1cc2ccccc2o1. The molecule has 2 aromatic carbocycles. The number of furan rings is 1. The fourth-order valence-corrected chi connectivity index (χ4v) is 2.67. The number of aromatic nitrogens is 2. The number of hydrogen-bond donors (Lipinski definition) is 1. The maximum atomic E-state index is 12.5. The van der Waals surface area contributed by atoms with E-state index in [0.29, 0.717) is 11.1 Å². The zero-order chi connectivity index (χ0) is 16.5. The average Bonchev–Trinajstić information content (AvgIpc) is 3.05. The van der Waals surface area contributed by atoms with Crippen molar-refractivity contribution in [2.45, 2.75) is 13.0 Å². The molecule has 0 saturated carbocycles. The summed E-state index contributed by atoms with van der Waals surface area (Å²) < 4.78 is 5.80. The van der Waals surface area contributed by atoms with Crippen LogP contribution in [0.15, 0.2) is 65.3 Å². The quantitative estimate of drug-likeness (QED) is 0.623. The van der Waals surface area contributed by atoms with Gasteiger partial charge in [-0.15, -0.1) is 0 Å². The lowest BCUT2D eigenvalue weighted by Gasteiger charge is -2.11. The van der Waals surface area contributed by atoms with Crippen LogP contribution in [0.3, 0.4) is 0 Å². The summed E-state index contributed by atoms with van der Waals surface area (Å²) in [6.45, 7) is 1.90. The number of rotatable bonds is 3. The smallest absolute Gasteiger partial charge is 0.251 e. The molecule has 1 atom stereocenters. The summed E-state index contributed by atoms with van der Waals surface area (Å²) in [6.07, 6.45) is 3.24. The number of nitrogens with one attached hydrogen (secondary N) is 1. The predicted molar refractivity (Wildman–Crippen MR) is 91.6 cm³/mol. The van der Waals surface area contributed by atoms with Crippen molar-refractivity contribution < 1.29 is 9.21 Å². The Bertz CT molecular complexity index is 1010. The van der Waals surface area contributed by atoms with E-state index in [1.807, 2.05) is 37.3 Å². The molecular formula is C19H15N3O2. The Morgan fingerprint density at radius 2 is 1.83 bits per heavy atom. The molecule has 0 bridgehead atoms. The van der Waals surface area contributed by atoms with Crippen LogP contribution in [-0.4, -0.2) is 15.9 Å². The Balaban J connectivity index is 1.57. The van der Waals surface area contributed by atoms with Crippen LogP contribution < -0.4 is 5.32 Å². The summed E-state index contributed by atoms with van der Waals surface area (Å²) in [4.78, 5) is 20.9. The Kier molecular flexibility index (Phi) is 3.46. The third-order valence-corrected chi connectivity index (χ3v) is 3.95. The molecule has 24 heavy (non-hydrogen) atoms. The lowest BCUT2D eigenvalue weighted by atomic mass is 10.1. The van der Waals surface area contributed by atoms with Gasteiger partial charge < -0.3 is 9.73 Å². The topological polar surface area (TPSA) is 68.0 Å². The van der Waals surface area contributed by atoms with Crippen LogP contribution in [0.4, 0.5) is 0 Å². The van der Waals surface area contributed by atoms with Gasteiger partial charge in [-0.2, -0.15) is 0 Å². The fourth-order valence-electron chi connectivity index (χ4n) is 2.67. The van der Waals surface area contributed by atoms with Gasteiger partial charge in [0.05, 0.1) is 17.1 Å². The second kappa shape index (κ2) is 5.77. The molecule has 2 heterocycles. The van der Waals surface area contributed by atoms with Crippen LogP contribution in [0.1, 0.15) is 29.1 Å². The van der Waals surface area contributed by atoms with Crippen molar-refractivity contribution in [2.24, 2.45) is 0 Å². The minimum absolute atomic E-state index is 0.171. The molecule has 0 saturated heterocycles. The zero-order valence-electron chi connectivity index (χ0n) is 13.1. The van der Waals surface area contributed by atoms with Gasteiger partial charge in [-0.3, -0.25) is 14.8 Å².